The minimum Gasteiger partial charge on any atom is -0.497 e. The molecule has 5 heteroatoms. The van der Waals surface area contributed by atoms with Crippen LogP contribution in [0.5, 0.6) is 5.75 Å². The molecule has 3 N–H and O–H groups in total. The molecule has 2 rings (SSSR count). The second-order valence-corrected chi connectivity index (χ2v) is 4.41. The van der Waals surface area contributed by atoms with Crippen LogP contribution in [0, 0.1) is 0 Å². The monoisotopic (exact) mass is 249 g/mol. The zero-order chi connectivity index (χ0) is 12.3. The van der Waals surface area contributed by atoms with Crippen LogP contribution in [0.1, 0.15) is 17.5 Å². The fraction of sp³-hybridized carbons (Fsp3) is 0.333. The lowest BCUT2D eigenvalue weighted by Gasteiger charge is -2.18. The smallest absolute Gasteiger partial charge is 0.184 e. The highest BCUT2D eigenvalue weighted by Crippen LogP contribution is 2.24. The van der Waals surface area contributed by atoms with Crippen LogP contribution in [-0.2, 0) is 12.8 Å². The van der Waals surface area contributed by atoms with Gasteiger partial charge in [0.15, 0.2) is 5.11 Å². The third-order valence-electron chi connectivity index (χ3n) is 2.82. The van der Waals surface area contributed by atoms with Gasteiger partial charge in [-0.2, -0.15) is 5.10 Å². The number of nitrogens with zero attached hydrogens (tertiary/aromatic N) is 1. The number of rotatable bonds is 2. The van der Waals surface area contributed by atoms with Gasteiger partial charge >= 0.3 is 0 Å². The molecule has 1 aliphatic rings. The molecule has 0 atom stereocenters. The van der Waals surface area contributed by atoms with Crippen molar-refractivity contribution >= 4 is 23.0 Å². The van der Waals surface area contributed by atoms with Gasteiger partial charge in [-0.05, 0) is 48.3 Å². The van der Waals surface area contributed by atoms with Gasteiger partial charge < -0.3 is 10.5 Å². The molecular weight excluding hydrogens is 234 g/mol. The number of fused-ring (bicyclic) bond motifs is 1. The van der Waals surface area contributed by atoms with E-state index in [4.69, 9.17) is 22.7 Å². The van der Waals surface area contributed by atoms with Crippen molar-refractivity contribution in [3.63, 3.8) is 0 Å². The normalized spacial score (nSPS) is 16.4. The summed E-state index contributed by atoms with van der Waals surface area (Å²) in [6.07, 6.45) is 2.76. The van der Waals surface area contributed by atoms with Gasteiger partial charge in [-0.15, -0.1) is 0 Å². The van der Waals surface area contributed by atoms with E-state index in [2.05, 4.69) is 22.7 Å². The van der Waals surface area contributed by atoms with Crippen molar-refractivity contribution in [2.75, 3.05) is 7.11 Å². The summed E-state index contributed by atoms with van der Waals surface area (Å²) in [7, 11) is 1.67. The average Bonchev–Trinajstić information content (AvgIpc) is 2.35. The van der Waals surface area contributed by atoms with Gasteiger partial charge in [0.05, 0.1) is 7.11 Å². The Kier molecular flexibility index (Phi) is 3.58. The van der Waals surface area contributed by atoms with Crippen molar-refractivity contribution in [1.29, 1.82) is 0 Å². The van der Waals surface area contributed by atoms with Gasteiger partial charge in [0.25, 0.3) is 0 Å². The molecule has 90 valence electrons. The highest BCUT2D eigenvalue weighted by atomic mass is 32.1. The first kappa shape index (κ1) is 11.9. The maximum absolute atomic E-state index is 5.34. The molecule has 0 aliphatic heterocycles. The Bertz CT molecular complexity index is 471. The number of hydrogen-bond acceptors (Lipinski definition) is 3. The lowest BCUT2D eigenvalue weighted by molar-refractivity contribution is 0.414. The molecule has 0 bridgehead atoms. The lowest BCUT2D eigenvalue weighted by Crippen LogP contribution is -2.27. The largest absolute Gasteiger partial charge is 0.497 e. The Morgan fingerprint density at radius 2 is 2.24 bits per heavy atom. The minimum atomic E-state index is 0.203. The van der Waals surface area contributed by atoms with Crippen LogP contribution in [0.25, 0.3) is 0 Å². The zero-order valence-electron chi connectivity index (χ0n) is 9.69. The van der Waals surface area contributed by atoms with Crippen LogP contribution >= 0.6 is 12.2 Å². The first-order valence-corrected chi connectivity index (χ1v) is 5.86. The Hall–Kier alpha value is -1.62. The zero-order valence-corrected chi connectivity index (χ0v) is 10.5. The van der Waals surface area contributed by atoms with E-state index >= 15 is 0 Å². The first-order valence-electron chi connectivity index (χ1n) is 5.45. The standard InChI is InChI=1S/C12H15N3OS/c1-16-11-5-3-8-2-4-10(6-9(8)7-11)14-15-12(13)17/h3,5,7H,2,4,6H2,1H3,(H3,13,15,17)/b14-10-. The molecule has 1 aromatic carbocycles. The summed E-state index contributed by atoms with van der Waals surface area (Å²) in [6, 6.07) is 6.17. The quantitative estimate of drug-likeness (QED) is 0.614. The molecule has 17 heavy (non-hydrogen) atoms. The van der Waals surface area contributed by atoms with Gasteiger partial charge in [-0.3, -0.25) is 5.43 Å². The fourth-order valence-electron chi connectivity index (χ4n) is 1.95. The van der Waals surface area contributed by atoms with E-state index in [-0.39, 0.29) is 5.11 Å². The van der Waals surface area contributed by atoms with Crippen LogP contribution < -0.4 is 15.9 Å². The van der Waals surface area contributed by atoms with Crippen molar-refractivity contribution in [2.45, 2.75) is 19.3 Å². The number of hydrogen-bond donors (Lipinski definition) is 2. The Labute approximate surface area is 106 Å². The van der Waals surface area contributed by atoms with Crippen LogP contribution in [0.3, 0.4) is 0 Å². The van der Waals surface area contributed by atoms with E-state index in [9.17, 15) is 0 Å². The van der Waals surface area contributed by atoms with Crippen molar-refractivity contribution in [3.05, 3.63) is 29.3 Å². The van der Waals surface area contributed by atoms with Gasteiger partial charge in [0.1, 0.15) is 5.75 Å². The molecular formula is C12H15N3OS. The number of aryl methyl sites for hydroxylation is 1. The predicted molar refractivity (Wildman–Crippen MR) is 72.4 cm³/mol. The summed E-state index contributed by atoms with van der Waals surface area (Å²) in [6.45, 7) is 0. The summed E-state index contributed by atoms with van der Waals surface area (Å²) >= 11 is 4.72. The van der Waals surface area contributed by atoms with Gasteiger partial charge in [-0.1, -0.05) is 6.07 Å². The van der Waals surface area contributed by atoms with Crippen LogP contribution in [0.15, 0.2) is 23.3 Å². The van der Waals surface area contributed by atoms with E-state index in [1.165, 1.54) is 11.1 Å². The Morgan fingerprint density at radius 3 is 2.94 bits per heavy atom. The third kappa shape index (κ3) is 2.94. The second-order valence-electron chi connectivity index (χ2n) is 3.97. The number of nitrogens with two attached hydrogens (primary N) is 1. The van der Waals surface area contributed by atoms with Crippen molar-refractivity contribution in [2.24, 2.45) is 10.8 Å². The molecule has 1 aromatic rings. The molecule has 0 radical (unpaired) electrons. The molecule has 0 spiro atoms. The average molecular weight is 249 g/mol. The number of hydrazone groups is 1. The van der Waals surface area contributed by atoms with E-state index in [0.29, 0.717) is 0 Å². The molecule has 0 fully saturated rings. The van der Waals surface area contributed by atoms with E-state index in [1.54, 1.807) is 7.11 Å². The topological polar surface area (TPSA) is 59.6 Å². The lowest BCUT2D eigenvalue weighted by atomic mass is 9.90. The maximum Gasteiger partial charge on any atom is 0.184 e. The summed E-state index contributed by atoms with van der Waals surface area (Å²) in [5, 5.41) is 4.40. The van der Waals surface area contributed by atoms with Crippen LogP contribution in [0.2, 0.25) is 0 Å². The maximum atomic E-state index is 5.34. The summed E-state index contributed by atoms with van der Waals surface area (Å²) in [5.74, 6) is 0.882. The Balaban J connectivity index is 2.16. The van der Waals surface area contributed by atoms with Crippen LogP contribution in [0.4, 0.5) is 0 Å². The van der Waals surface area contributed by atoms with Gasteiger partial charge in [-0.25, -0.2) is 0 Å². The molecule has 0 heterocycles. The number of methoxy groups -OCH3 is 1. The summed E-state index contributed by atoms with van der Waals surface area (Å²) in [5.41, 5.74) is 11.7. The second kappa shape index (κ2) is 5.14. The molecule has 0 aromatic heterocycles. The van der Waals surface area contributed by atoms with Gasteiger partial charge in [0, 0.05) is 12.1 Å². The highest BCUT2D eigenvalue weighted by Gasteiger charge is 2.14. The predicted octanol–water partition coefficient (Wildman–Crippen LogP) is 1.37. The number of ether oxygens (including phenoxy) is 1. The van der Waals surface area contributed by atoms with Crippen LogP contribution in [-0.4, -0.2) is 17.9 Å². The van der Waals surface area contributed by atoms with Crippen molar-refractivity contribution in [1.82, 2.24) is 5.43 Å². The first-order chi connectivity index (χ1) is 8.19. The minimum absolute atomic E-state index is 0.203. The molecule has 0 saturated heterocycles. The van der Waals surface area contributed by atoms with Gasteiger partial charge in [0.2, 0.25) is 0 Å². The number of benzene rings is 1. The molecule has 1 aliphatic carbocycles. The number of thiocarbonyl (C=S) groups is 1. The number of nitrogens with one attached hydrogen (secondary N) is 1. The fourth-order valence-corrected chi connectivity index (χ4v) is 2.00. The molecule has 0 unspecified atom stereocenters. The highest BCUT2D eigenvalue weighted by molar-refractivity contribution is 7.80. The van der Waals surface area contributed by atoms with Crippen molar-refractivity contribution < 1.29 is 4.74 Å². The molecule has 4 nitrogen and oxygen atoms in total. The van der Waals surface area contributed by atoms with E-state index in [0.717, 1.165) is 30.7 Å². The van der Waals surface area contributed by atoms with Crippen molar-refractivity contribution in [3.8, 4) is 5.75 Å². The SMILES string of the molecule is COc1ccc2c(c1)C/C(=N\NC(N)=S)CC2. The summed E-state index contributed by atoms with van der Waals surface area (Å²) in [4.78, 5) is 0. The van der Waals surface area contributed by atoms with E-state index in [1.807, 2.05) is 6.07 Å². The molecule has 0 amide bonds. The summed E-state index contributed by atoms with van der Waals surface area (Å²) < 4.78 is 5.22. The Morgan fingerprint density at radius 1 is 1.41 bits per heavy atom. The third-order valence-corrected chi connectivity index (χ3v) is 2.91. The van der Waals surface area contributed by atoms with E-state index < -0.39 is 0 Å². The molecule has 0 saturated carbocycles.